The third-order valence-electron chi connectivity index (χ3n) is 3.58. The highest BCUT2D eigenvalue weighted by atomic mass is 28.4. The maximum absolute atomic E-state index is 11.4. The normalized spacial score (nSPS) is 15.3. The van der Waals surface area contributed by atoms with Crippen molar-refractivity contribution in [1.29, 1.82) is 0 Å². The second-order valence-corrected chi connectivity index (χ2v) is 19.0. The number of allylic oxidation sites excluding steroid dienone is 1. The molecule has 0 spiro atoms. The number of rotatable bonds is 11. The van der Waals surface area contributed by atoms with Crippen LogP contribution in [0.1, 0.15) is 39.5 Å². The van der Waals surface area contributed by atoms with Crippen LogP contribution in [0.3, 0.4) is 0 Å². The molecule has 0 saturated carbocycles. The van der Waals surface area contributed by atoms with Crippen LogP contribution in [0.15, 0.2) is 11.1 Å². The van der Waals surface area contributed by atoms with E-state index in [0.717, 1.165) is 37.3 Å². The van der Waals surface area contributed by atoms with Crippen LogP contribution < -0.4 is 0 Å². The van der Waals surface area contributed by atoms with E-state index in [4.69, 9.17) is 8.23 Å². The van der Waals surface area contributed by atoms with Gasteiger partial charge in [-0.15, -0.1) is 0 Å². The Labute approximate surface area is 146 Å². The predicted octanol–water partition coefficient (Wildman–Crippen LogP) is 4.89. The van der Waals surface area contributed by atoms with Gasteiger partial charge in [0.1, 0.15) is 0 Å². The lowest BCUT2D eigenvalue weighted by molar-refractivity contribution is -0.132. The van der Waals surface area contributed by atoms with Crippen LogP contribution in [-0.4, -0.2) is 37.0 Å². The summed E-state index contributed by atoms with van der Waals surface area (Å²) in [5.74, 6) is -0.801. The van der Waals surface area contributed by atoms with Gasteiger partial charge in [0.25, 0.3) is 9.28 Å². The van der Waals surface area contributed by atoms with Crippen LogP contribution in [-0.2, 0) is 13.0 Å². The average molecular weight is 377 g/mol. The van der Waals surface area contributed by atoms with Crippen molar-refractivity contribution in [3.05, 3.63) is 11.1 Å². The zero-order chi connectivity index (χ0) is 18.3. The molecule has 0 aliphatic carbocycles. The van der Waals surface area contributed by atoms with Crippen molar-refractivity contribution >= 4 is 31.9 Å². The summed E-state index contributed by atoms with van der Waals surface area (Å²) in [6, 6.07) is 0.793. The fourth-order valence-corrected chi connectivity index (χ4v) is 12.7. The molecule has 1 unspecified atom stereocenters. The third-order valence-corrected chi connectivity index (χ3v) is 12.9. The van der Waals surface area contributed by atoms with E-state index in [1.54, 1.807) is 6.92 Å². The van der Waals surface area contributed by atoms with Gasteiger partial charge in [0, 0.05) is 5.57 Å². The van der Waals surface area contributed by atoms with Gasteiger partial charge in [-0.25, -0.2) is 4.79 Å². The first-order valence-electron chi connectivity index (χ1n) is 8.65. The molecule has 0 fully saturated rings. The van der Waals surface area contributed by atoms with Gasteiger partial charge >= 0.3 is 5.97 Å². The molecule has 0 radical (unpaired) electrons. The van der Waals surface area contributed by atoms with Crippen LogP contribution in [0.25, 0.3) is 0 Å². The molecule has 4 nitrogen and oxygen atoms in total. The predicted molar refractivity (Wildman–Crippen MR) is 105 cm³/mol. The third kappa shape index (κ3) is 11.0. The van der Waals surface area contributed by atoms with Crippen LogP contribution in [0.2, 0.25) is 45.3 Å². The molecule has 0 aliphatic rings. The lowest BCUT2D eigenvalue weighted by Gasteiger charge is -2.31. The molecule has 0 amide bonds. The van der Waals surface area contributed by atoms with Crippen LogP contribution >= 0.6 is 0 Å². The average Bonchev–Trinajstić information content (AvgIpc) is 2.33. The van der Waals surface area contributed by atoms with E-state index in [1.807, 2.05) is 0 Å². The zero-order valence-electron chi connectivity index (χ0n) is 16.3. The topological polar surface area (TPSA) is 55.8 Å². The Bertz CT molecular complexity index is 414. The summed E-state index contributed by atoms with van der Waals surface area (Å²) in [6.45, 7) is 16.9. The van der Waals surface area contributed by atoms with E-state index < -0.39 is 31.9 Å². The lowest BCUT2D eigenvalue weighted by Crippen LogP contribution is -2.43. The molecule has 23 heavy (non-hydrogen) atoms. The molecule has 7 heteroatoms. The summed E-state index contributed by atoms with van der Waals surface area (Å²) >= 11 is 0. The first-order chi connectivity index (χ1) is 10.4. The molecule has 136 valence electrons. The minimum atomic E-state index is -1.96. The van der Waals surface area contributed by atoms with Crippen LogP contribution in [0.5, 0.6) is 0 Å². The number of aliphatic carboxylic acids is 1. The highest BCUT2D eigenvalue weighted by molar-refractivity contribution is 6.81. The van der Waals surface area contributed by atoms with Crippen molar-refractivity contribution in [2.45, 2.75) is 84.9 Å². The van der Waals surface area contributed by atoms with E-state index >= 15 is 0 Å². The summed E-state index contributed by atoms with van der Waals surface area (Å²) in [6.07, 6.45) is 4.21. The number of carboxylic acid groups (broad SMARTS) is 1. The molecule has 1 N–H and O–H groups in total. The van der Waals surface area contributed by atoms with Crippen LogP contribution in [0.4, 0.5) is 0 Å². The van der Waals surface area contributed by atoms with Gasteiger partial charge in [0.2, 0.25) is 0 Å². The number of hydrogen-bond acceptors (Lipinski definition) is 3. The Morgan fingerprint density at radius 2 is 1.65 bits per heavy atom. The highest BCUT2D eigenvalue weighted by Crippen LogP contribution is 2.26. The number of carbonyl (C=O) groups is 1. The number of carboxylic acids is 1. The lowest BCUT2D eigenvalue weighted by atomic mass is 10.0. The highest BCUT2D eigenvalue weighted by Gasteiger charge is 2.30. The van der Waals surface area contributed by atoms with Crippen molar-refractivity contribution in [2.75, 3.05) is 0 Å². The Morgan fingerprint density at radius 3 is 2.09 bits per heavy atom. The molecule has 0 aromatic carbocycles. The van der Waals surface area contributed by atoms with E-state index in [9.17, 15) is 9.90 Å². The van der Waals surface area contributed by atoms with Crippen molar-refractivity contribution in [2.24, 2.45) is 0 Å². The summed E-state index contributed by atoms with van der Waals surface area (Å²) in [7, 11) is -5.18. The molecule has 0 aromatic rings. The SMILES string of the molecule is CCCCCC(C[Si](C)(C)O[SiH](C)O[Si](C)(C)C)=C(C)C(=O)O. The molecule has 0 heterocycles. The molecule has 1 atom stereocenters. The monoisotopic (exact) mass is 376 g/mol. The number of unbranched alkanes of at least 4 members (excludes halogenated alkanes) is 2. The van der Waals surface area contributed by atoms with Gasteiger partial charge < -0.3 is 13.3 Å². The van der Waals surface area contributed by atoms with E-state index in [0.29, 0.717) is 5.57 Å². The molecule has 0 saturated heterocycles. The van der Waals surface area contributed by atoms with Gasteiger partial charge in [-0.3, -0.25) is 0 Å². The summed E-state index contributed by atoms with van der Waals surface area (Å²) < 4.78 is 12.5. The second kappa shape index (κ2) is 9.93. The maximum Gasteiger partial charge on any atom is 0.331 e. The summed E-state index contributed by atoms with van der Waals surface area (Å²) in [5, 5.41) is 9.35. The quantitative estimate of drug-likeness (QED) is 0.317. The molecular weight excluding hydrogens is 340 g/mol. The maximum atomic E-state index is 11.4. The van der Waals surface area contributed by atoms with Crippen molar-refractivity contribution in [3.63, 3.8) is 0 Å². The van der Waals surface area contributed by atoms with Crippen LogP contribution in [0, 0.1) is 0 Å². The van der Waals surface area contributed by atoms with Gasteiger partial charge in [0.15, 0.2) is 16.6 Å². The second-order valence-electron chi connectivity index (χ2n) is 7.84. The van der Waals surface area contributed by atoms with Gasteiger partial charge in [-0.1, -0.05) is 25.3 Å². The Balaban J connectivity index is 4.94. The van der Waals surface area contributed by atoms with E-state index in [-0.39, 0.29) is 0 Å². The number of hydrogen-bond donors (Lipinski definition) is 1. The van der Waals surface area contributed by atoms with E-state index in [1.165, 1.54) is 0 Å². The Morgan fingerprint density at radius 1 is 1.09 bits per heavy atom. The minimum Gasteiger partial charge on any atom is -0.478 e. The van der Waals surface area contributed by atoms with E-state index in [2.05, 4.69) is 46.2 Å². The fraction of sp³-hybridized carbons (Fsp3) is 0.812. The summed E-state index contributed by atoms with van der Waals surface area (Å²) in [5.41, 5.74) is 1.57. The van der Waals surface area contributed by atoms with Gasteiger partial charge in [-0.05, 0) is 65.1 Å². The molecule has 0 aromatic heterocycles. The minimum absolute atomic E-state index is 0.505. The molecule has 0 bridgehead atoms. The van der Waals surface area contributed by atoms with Gasteiger partial charge in [-0.2, -0.15) is 0 Å². The fourth-order valence-electron chi connectivity index (χ4n) is 2.67. The standard InChI is InChI=1S/C16H36O4Si3/c1-9-10-11-12-15(14(2)16(17)18)13-23(7,8)20-21(3)19-22(4,5)6/h21H,9-13H2,1-8H3,(H,17,18). The van der Waals surface area contributed by atoms with Crippen molar-refractivity contribution in [3.8, 4) is 0 Å². The summed E-state index contributed by atoms with van der Waals surface area (Å²) in [4.78, 5) is 11.4. The van der Waals surface area contributed by atoms with Gasteiger partial charge in [0.05, 0.1) is 0 Å². The van der Waals surface area contributed by atoms with Crippen molar-refractivity contribution in [1.82, 2.24) is 0 Å². The smallest absolute Gasteiger partial charge is 0.331 e. The first-order valence-corrected chi connectivity index (χ1v) is 17.3. The zero-order valence-corrected chi connectivity index (χ0v) is 19.4. The molecular formula is C16H36O4Si3. The Hall–Kier alpha value is -0.219. The first kappa shape index (κ1) is 22.8. The Kier molecular flexibility index (Phi) is 9.83. The molecule has 0 rings (SSSR count). The molecule has 0 aliphatic heterocycles. The van der Waals surface area contributed by atoms with Crippen molar-refractivity contribution < 1.29 is 18.1 Å². The largest absolute Gasteiger partial charge is 0.478 e.